The summed E-state index contributed by atoms with van der Waals surface area (Å²) < 4.78 is 14.9. The molecule has 0 atom stereocenters. The molecule has 6 heteroatoms. The fourth-order valence-corrected chi connectivity index (χ4v) is 2.03. The molecule has 3 nitrogen and oxygen atoms in total. The Hall–Kier alpha value is -1.46. The fraction of sp³-hybridized carbons (Fsp3) is 0.167. The number of nitrogens with zero attached hydrogens (tertiary/aromatic N) is 2. The van der Waals surface area contributed by atoms with E-state index in [0.717, 1.165) is 5.69 Å². The molecular formula is C12H11ClFN3S. The Morgan fingerprint density at radius 3 is 2.61 bits per heavy atom. The van der Waals surface area contributed by atoms with Crippen LogP contribution in [0.1, 0.15) is 17.0 Å². The van der Waals surface area contributed by atoms with E-state index in [9.17, 15) is 4.39 Å². The predicted molar refractivity (Wildman–Crippen MR) is 73.9 cm³/mol. The van der Waals surface area contributed by atoms with Crippen LogP contribution >= 0.6 is 23.8 Å². The zero-order valence-corrected chi connectivity index (χ0v) is 11.4. The number of rotatable bonds is 2. The standard InChI is InChI=1S/C12H11ClFN3S/c1-6-11(13)7(2)17(16-6)10-4-3-8(14)5-9(10)12(15)18/h3-5H,1-2H3,(H2,15,18). The predicted octanol–water partition coefficient (Wildman–Crippen LogP) is 2.92. The largest absolute Gasteiger partial charge is 0.389 e. The molecule has 0 saturated heterocycles. The van der Waals surface area contributed by atoms with Crippen LogP contribution in [0.5, 0.6) is 0 Å². The molecule has 0 amide bonds. The Labute approximate surface area is 114 Å². The van der Waals surface area contributed by atoms with Crippen LogP contribution in [0.25, 0.3) is 5.69 Å². The average Bonchev–Trinajstić information content (AvgIpc) is 2.57. The Bertz CT molecular complexity index is 636. The van der Waals surface area contributed by atoms with Gasteiger partial charge in [0.1, 0.15) is 10.8 Å². The first kappa shape index (κ1) is 13.0. The molecule has 18 heavy (non-hydrogen) atoms. The van der Waals surface area contributed by atoms with Crippen molar-refractivity contribution in [1.29, 1.82) is 0 Å². The number of aryl methyl sites for hydroxylation is 1. The molecule has 0 unspecified atom stereocenters. The van der Waals surface area contributed by atoms with Gasteiger partial charge in [0, 0.05) is 5.56 Å². The maximum Gasteiger partial charge on any atom is 0.124 e. The number of benzene rings is 1. The molecule has 0 saturated carbocycles. The number of hydrogen-bond donors (Lipinski definition) is 1. The summed E-state index contributed by atoms with van der Waals surface area (Å²) in [4.78, 5) is 0.119. The van der Waals surface area contributed by atoms with Gasteiger partial charge in [-0.15, -0.1) is 0 Å². The molecule has 0 fully saturated rings. The SMILES string of the molecule is Cc1nn(-c2ccc(F)cc2C(N)=S)c(C)c1Cl. The first-order chi connectivity index (χ1) is 8.41. The van der Waals surface area contributed by atoms with Gasteiger partial charge in [0.2, 0.25) is 0 Å². The summed E-state index contributed by atoms with van der Waals surface area (Å²) in [5.41, 5.74) is 8.13. The van der Waals surface area contributed by atoms with Crippen LogP contribution in [-0.2, 0) is 0 Å². The number of aromatic nitrogens is 2. The van der Waals surface area contributed by atoms with Gasteiger partial charge in [0.15, 0.2) is 0 Å². The smallest absolute Gasteiger partial charge is 0.124 e. The highest BCUT2D eigenvalue weighted by molar-refractivity contribution is 7.80. The molecule has 1 heterocycles. The van der Waals surface area contributed by atoms with E-state index in [2.05, 4.69) is 5.10 Å². The second kappa shape index (κ2) is 4.66. The van der Waals surface area contributed by atoms with Crippen molar-refractivity contribution < 1.29 is 4.39 Å². The lowest BCUT2D eigenvalue weighted by molar-refractivity contribution is 0.626. The van der Waals surface area contributed by atoms with Gasteiger partial charge in [0.25, 0.3) is 0 Å². The maximum atomic E-state index is 13.2. The third-order valence-electron chi connectivity index (χ3n) is 2.66. The third-order valence-corrected chi connectivity index (χ3v) is 3.42. The number of nitrogens with two attached hydrogens (primary N) is 1. The lowest BCUT2D eigenvalue weighted by atomic mass is 10.1. The zero-order valence-electron chi connectivity index (χ0n) is 9.87. The molecule has 2 rings (SSSR count). The van der Waals surface area contributed by atoms with Crippen LogP contribution in [0, 0.1) is 19.7 Å². The minimum Gasteiger partial charge on any atom is -0.389 e. The van der Waals surface area contributed by atoms with Crippen molar-refractivity contribution in [2.45, 2.75) is 13.8 Å². The maximum absolute atomic E-state index is 13.2. The lowest BCUT2D eigenvalue weighted by Crippen LogP contribution is -2.15. The highest BCUT2D eigenvalue weighted by Gasteiger charge is 2.15. The Morgan fingerprint density at radius 2 is 2.11 bits per heavy atom. The number of thiocarbonyl (C=S) groups is 1. The average molecular weight is 284 g/mol. The van der Waals surface area contributed by atoms with E-state index in [1.54, 1.807) is 17.7 Å². The van der Waals surface area contributed by atoms with Gasteiger partial charge < -0.3 is 5.73 Å². The summed E-state index contributed by atoms with van der Waals surface area (Å²) in [6.45, 7) is 3.63. The number of hydrogen-bond acceptors (Lipinski definition) is 2. The van der Waals surface area contributed by atoms with Crippen molar-refractivity contribution in [2.75, 3.05) is 0 Å². The van der Waals surface area contributed by atoms with Crippen LogP contribution in [0.3, 0.4) is 0 Å². The monoisotopic (exact) mass is 283 g/mol. The molecular weight excluding hydrogens is 273 g/mol. The zero-order chi connectivity index (χ0) is 13.4. The van der Waals surface area contributed by atoms with Gasteiger partial charge in [0.05, 0.1) is 22.1 Å². The van der Waals surface area contributed by atoms with Gasteiger partial charge >= 0.3 is 0 Å². The molecule has 1 aromatic carbocycles. The molecule has 0 radical (unpaired) electrons. The van der Waals surface area contributed by atoms with Gasteiger partial charge in [-0.1, -0.05) is 23.8 Å². The van der Waals surface area contributed by atoms with Crippen LogP contribution in [-0.4, -0.2) is 14.8 Å². The van der Waals surface area contributed by atoms with E-state index in [4.69, 9.17) is 29.6 Å². The second-order valence-corrected chi connectivity index (χ2v) is 4.74. The van der Waals surface area contributed by atoms with Crippen molar-refractivity contribution in [3.63, 3.8) is 0 Å². The van der Waals surface area contributed by atoms with E-state index in [-0.39, 0.29) is 4.99 Å². The molecule has 0 aliphatic heterocycles. The van der Waals surface area contributed by atoms with Crippen molar-refractivity contribution in [3.8, 4) is 5.69 Å². The van der Waals surface area contributed by atoms with E-state index in [0.29, 0.717) is 22.0 Å². The minimum atomic E-state index is -0.394. The summed E-state index contributed by atoms with van der Waals surface area (Å²) >= 11 is 11.0. The summed E-state index contributed by atoms with van der Waals surface area (Å²) in [5, 5.41) is 4.88. The normalized spacial score (nSPS) is 10.7. The molecule has 2 aromatic rings. The van der Waals surface area contributed by atoms with Crippen molar-refractivity contribution in [2.24, 2.45) is 5.73 Å². The van der Waals surface area contributed by atoms with Crippen molar-refractivity contribution >= 4 is 28.8 Å². The molecule has 0 spiro atoms. The quantitative estimate of drug-likeness (QED) is 0.862. The molecule has 0 aliphatic rings. The molecule has 0 bridgehead atoms. The van der Waals surface area contributed by atoms with Crippen LogP contribution in [0.4, 0.5) is 4.39 Å². The molecule has 2 N–H and O–H groups in total. The highest BCUT2D eigenvalue weighted by atomic mass is 35.5. The van der Waals surface area contributed by atoms with Crippen molar-refractivity contribution in [1.82, 2.24) is 9.78 Å². The lowest BCUT2D eigenvalue weighted by Gasteiger charge is -2.10. The van der Waals surface area contributed by atoms with E-state index >= 15 is 0 Å². The minimum absolute atomic E-state index is 0.119. The number of halogens is 2. The Kier molecular flexibility index (Phi) is 3.36. The van der Waals surface area contributed by atoms with Crippen LogP contribution in [0.15, 0.2) is 18.2 Å². The summed E-state index contributed by atoms with van der Waals surface area (Å²) in [6.07, 6.45) is 0. The van der Waals surface area contributed by atoms with Gasteiger partial charge in [-0.25, -0.2) is 9.07 Å². The van der Waals surface area contributed by atoms with Crippen LogP contribution in [0.2, 0.25) is 5.02 Å². The van der Waals surface area contributed by atoms with Crippen LogP contribution < -0.4 is 5.73 Å². The van der Waals surface area contributed by atoms with Gasteiger partial charge in [-0.2, -0.15) is 5.10 Å². The van der Waals surface area contributed by atoms with Gasteiger partial charge in [-0.3, -0.25) is 0 Å². The second-order valence-electron chi connectivity index (χ2n) is 3.92. The highest BCUT2D eigenvalue weighted by Crippen LogP contribution is 2.24. The fourth-order valence-electron chi connectivity index (χ4n) is 1.75. The summed E-state index contributed by atoms with van der Waals surface area (Å²) in [5.74, 6) is -0.394. The van der Waals surface area contributed by atoms with E-state index in [1.807, 2.05) is 6.92 Å². The molecule has 94 valence electrons. The van der Waals surface area contributed by atoms with E-state index in [1.165, 1.54) is 12.1 Å². The summed E-state index contributed by atoms with van der Waals surface area (Å²) in [7, 11) is 0. The van der Waals surface area contributed by atoms with Crippen molar-refractivity contribution in [3.05, 3.63) is 46.0 Å². The first-order valence-corrected chi connectivity index (χ1v) is 6.02. The Morgan fingerprint density at radius 1 is 1.44 bits per heavy atom. The molecule has 1 aromatic heterocycles. The Balaban J connectivity index is 2.71. The topological polar surface area (TPSA) is 43.8 Å². The third kappa shape index (κ3) is 2.11. The molecule has 0 aliphatic carbocycles. The first-order valence-electron chi connectivity index (χ1n) is 5.23. The summed E-state index contributed by atoms with van der Waals surface area (Å²) in [6, 6.07) is 4.21. The van der Waals surface area contributed by atoms with E-state index < -0.39 is 5.82 Å². The van der Waals surface area contributed by atoms with Gasteiger partial charge in [-0.05, 0) is 32.0 Å².